The van der Waals surface area contributed by atoms with Crippen LogP contribution in [0.4, 0.5) is 23.7 Å². The largest absolute Gasteiger partial charge is 0.418 e. The zero-order valence-corrected chi connectivity index (χ0v) is 19.5. The van der Waals surface area contributed by atoms with Crippen molar-refractivity contribution in [2.45, 2.75) is 12.7 Å². The molecule has 2 heterocycles. The molecule has 1 N–H and O–H groups in total. The van der Waals surface area contributed by atoms with Crippen molar-refractivity contribution in [2.24, 2.45) is 7.05 Å². The number of fused-ring (bicyclic) bond motifs is 1. The second-order valence-corrected chi connectivity index (χ2v) is 8.72. The summed E-state index contributed by atoms with van der Waals surface area (Å²) in [6.07, 6.45) is -4.58. The van der Waals surface area contributed by atoms with E-state index < -0.39 is 17.8 Å². The zero-order valence-electron chi connectivity index (χ0n) is 18.7. The molecule has 5 nitrogen and oxygen atoms in total. The lowest BCUT2D eigenvalue weighted by Crippen LogP contribution is -2.37. The van der Waals surface area contributed by atoms with Crippen LogP contribution in [-0.4, -0.2) is 35.8 Å². The van der Waals surface area contributed by atoms with E-state index in [2.05, 4.69) is 9.88 Å². The summed E-state index contributed by atoms with van der Waals surface area (Å²) >= 11 is 1.59. The predicted octanol–water partition coefficient (Wildman–Crippen LogP) is 6.61. The van der Waals surface area contributed by atoms with E-state index in [1.54, 1.807) is 11.3 Å². The molecular formula is C25H24F3N3O2S. The molecule has 0 unspecified atom stereocenters. The predicted molar refractivity (Wildman–Crippen MR) is 129 cm³/mol. The average molecular weight is 488 g/mol. The Morgan fingerprint density at radius 1 is 1.09 bits per heavy atom. The smallest absolute Gasteiger partial charge is 0.383 e. The van der Waals surface area contributed by atoms with Gasteiger partial charge < -0.3 is 19.5 Å². The molecule has 0 aliphatic carbocycles. The second-order valence-electron chi connectivity index (χ2n) is 7.77. The number of carbonyl (C=O) groups is 1. The summed E-state index contributed by atoms with van der Waals surface area (Å²) in [5.74, 6) is 0. The first-order chi connectivity index (χ1) is 16.3. The number of urea groups is 1. The van der Waals surface area contributed by atoms with Crippen LogP contribution in [-0.2, 0) is 24.5 Å². The third-order valence-corrected chi connectivity index (χ3v) is 6.52. The molecule has 4 aromatic rings. The lowest BCUT2D eigenvalue weighted by atomic mass is 10.1. The van der Waals surface area contributed by atoms with E-state index in [4.69, 9.17) is 4.74 Å². The van der Waals surface area contributed by atoms with Crippen molar-refractivity contribution < 1.29 is 22.7 Å². The van der Waals surface area contributed by atoms with E-state index in [-0.39, 0.29) is 25.4 Å². The van der Waals surface area contributed by atoms with E-state index in [9.17, 15) is 18.0 Å². The molecule has 2 amide bonds. The molecule has 0 aliphatic heterocycles. The number of aryl methyl sites for hydroxylation is 1. The molecule has 2 aromatic carbocycles. The van der Waals surface area contributed by atoms with Crippen LogP contribution in [0.15, 0.2) is 66.0 Å². The number of rotatable bonds is 7. The number of carbonyl (C=O) groups excluding carboxylic acids is 1. The molecule has 0 saturated heterocycles. The normalized spacial score (nSPS) is 11.7. The number of hydrogen-bond donors (Lipinski definition) is 1. The van der Waals surface area contributed by atoms with E-state index in [0.717, 1.165) is 33.1 Å². The lowest BCUT2D eigenvalue weighted by molar-refractivity contribution is -0.136. The van der Waals surface area contributed by atoms with Gasteiger partial charge in [-0.1, -0.05) is 36.4 Å². The van der Waals surface area contributed by atoms with Crippen LogP contribution >= 0.6 is 11.3 Å². The second kappa shape index (κ2) is 9.90. The minimum absolute atomic E-state index is 0.206. The van der Waals surface area contributed by atoms with Gasteiger partial charge in [0.2, 0.25) is 0 Å². The van der Waals surface area contributed by atoms with Gasteiger partial charge in [0.05, 0.1) is 35.0 Å². The maximum Gasteiger partial charge on any atom is 0.418 e. The lowest BCUT2D eigenvalue weighted by Gasteiger charge is -2.24. The van der Waals surface area contributed by atoms with Gasteiger partial charge in [-0.2, -0.15) is 13.2 Å². The molecule has 4 rings (SSSR count). The first-order valence-corrected chi connectivity index (χ1v) is 11.5. The number of nitrogens with zero attached hydrogens (tertiary/aromatic N) is 2. The quantitative estimate of drug-likeness (QED) is 0.319. The van der Waals surface area contributed by atoms with Crippen LogP contribution in [0, 0.1) is 0 Å². The van der Waals surface area contributed by atoms with Gasteiger partial charge in [-0.25, -0.2) is 4.79 Å². The Bertz CT molecular complexity index is 1280. The van der Waals surface area contributed by atoms with Crippen LogP contribution in [0.25, 0.3) is 21.5 Å². The van der Waals surface area contributed by atoms with Gasteiger partial charge in [-0.15, -0.1) is 11.3 Å². The molecule has 0 fully saturated rings. The van der Waals surface area contributed by atoms with Gasteiger partial charge in [0, 0.05) is 37.2 Å². The molecule has 9 heteroatoms. The molecule has 0 atom stereocenters. The van der Waals surface area contributed by atoms with E-state index >= 15 is 0 Å². The van der Waals surface area contributed by atoms with Gasteiger partial charge in [-0.3, -0.25) is 0 Å². The van der Waals surface area contributed by atoms with Crippen molar-refractivity contribution in [3.8, 4) is 10.6 Å². The fourth-order valence-electron chi connectivity index (χ4n) is 4.04. The van der Waals surface area contributed by atoms with Crippen molar-refractivity contribution >= 4 is 34.0 Å². The Balaban J connectivity index is 1.72. The number of alkyl halides is 3. The molecule has 2 aromatic heterocycles. The van der Waals surface area contributed by atoms with Crippen LogP contribution in [0.1, 0.15) is 11.1 Å². The van der Waals surface area contributed by atoms with Crippen molar-refractivity contribution in [2.75, 3.05) is 25.6 Å². The highest BCUT2D eigenvalue weighted by molar-refractivity contribution is 7.13. The Morgan fingerprint density at radius 3 is 2.53 bits per heavy atom. The van der Waals surface area contributed by atoms with Gasteiger partial charge in [0.15, 0.2) is 0 Å². The zero-order chi connectivity index (χ0) is 24.3. The maximum atomic E-state index is 13.5. The van der Waals surface area contributed by atoms with Gasteiger partial charge in [0.1, 0.15) is 0 Å². The first kappa shape index (κ1) is 23.8. The van der Waals surface area contributed by atoms with Crippen LogP contribution in [0.3, 0.4) is 0 Å². The Labute approximate surface area is 199 Å². The van der Waals surface area contributed by atoms with E-state index in [1.165, 1.54) is 30.2 Å². The summed E-state index contributed by atoms with van der Waals surface area (Å²) in [4.78, 5) is 15.8. The Morgan fingerprint density at radius 2 is 1.82 bits per heavy atom. The number of benzene rings is 2. The number of nitrogens with one attached hydrogen (secondary N) is 1. The highest BCUT2D eigenvalue weighted by atomic mass is 32.1. The number of hydrogen-bond acceptors (Lipinski definition) is 3. The van der Waals surface area contributed by atoms with Crippen LogP contribution in [0.5, 0.6) is 0 Å². The van der Waals surface area contributed by atoms with Gasteiger partial charge >= 0.3 is 12.2 Å². The molecule has 0 saturated carbocycles. The number of ether oxygens (including phenoxy) is 1. The number of methoxy groups -OCH3 is 1. The summed E-state index contributed by atoms with van der Waals surface area (Å²) in [6, 6.07) is 16.2. The number of amides is 2. The number of anilines is 1. The minimum atomic E-state index is -4.58. The van der Waals surface area contributed by atoms with Crippen molar-refractivity contribution in [1.82, 2.24) is 9.47 Å². The van der Waals surface area contributed by atoms with E-state index in [0.29, 0.717) is 0 Å². The Kier molecular flexibility index (Phi) is 6.95. The van der Waals surface area contributed by atoms with Crippen molar-refractivity contribution in [3.63, 3.8) is 0 Å². The number of aromatic nitrogens is 1. The van der Waals surface area contributed by atoms with Crippen LogP contribution in [0.2, 0.25) is 0 Å². The standard InChI is InChI=1S/C25H24F3N3O2S/c1-30-21-11-6-3-8-17(21)18(23(30)22-12-7-15-34-22)16-31(13-14-33-2)24(32)29-20-10-5-4-9-19(20)25(26,27)28/h3-12,15H,13-14,16H2,1-2H3,(H,29,32). The molecule has 178 valence electrons. The topological polar surface area (TPSA) is 46.5 Å². The monoisotopic (exact) mass is 487 g/mol. The minimum Gasteiger partial charge on any atom is -0.383 e. The molecule has 34 heavy (non-hydrogen) atoms. The molecular weight excluding hydrogens is 463 g/mol. The highest BCUT2D eigenvalue weighted by Gasteiger charge is 2.34. The molecule has 0 radical (unpaired) electrons. The first-order valence-electron chi connectivity index (χ1n) is 10.6. The van der Waals surface area contributed by atoms with Crippen LogP contribution < -0.4 is 5.32 Å². The maximum absolute atomic E-state index is 13.5. The fourth-order valence-corrected chi connectivity index (χ4v) is 4.87. The third-order valence-electron chi connectivity index (χ3n) is 5.64. The van der Waals surface area contributed by atoms with E-state index in [1.807, 2.05) is 48.8 Å². The molecule has 0 aliphatic rings. The average Bonchev–Trinajstić information content (AvgIpc) is 3.43. The van der Waals surface area contributed by atoms with Crippen molar-refractivity contribution in [1.29, 1.82) is 0 Å². The molecule has 0 bridgehead atoms. The Hall–Kier alpha value is -3.30. The number of para-hydroxylation sites is 2. The summed E-state index contributed by atoms with van der Waals surface area (Å²) < 4.78 is 47.6. The summed E-state index contributed by atoms with van der Waals surface area (Å²) in [7, 11) is 3.49. The summed E-state index contributed by atoms with van der Waals surface area (Å²) in [5, 5.41) is 5.43. The summed E-state index contributed by atoms with van der Waals surface area (Å²) in [5.41, 5.74) is 1.74. The molecule has 0 spiro atoms. The third kappa shape index (κ3) is 4.80. The number of halogens is 3. The highest BCUT2D eigenvalue weighted by Crippen LogP contribution is 2.37. The number of thiophene rings is 1. The fraction of sp³-hybridized carbons (Fsp3) is 0.240. The summed E-state index contributed by atoms with van der Waals surface area (Å²) in [6.45, 7) is 0.662. The van der Waals surface area contributed by atoms with Gasteiger partial charge in [0.25, 0.3) is 0 Å². The SMILES string of the molecule is COCCN(Cc1c(-c2cccs2)n(C)c2ccccc12)C(=O)Nc1ccccc1C(F)(F)F. The van der Waals surface area contributed by atoms with Gasteiger partial charge in [-0.05, 0) is 29.6 Å². The van der Waals surface area contributed by atoms with Crippen molar-refractivity contribution in [3.05, 3.63) is 77.2 Å².